The molecule has 0 aromatic heterocycles. The molecule has 2 aliphatic heterocycles. The second-order valence-corrected chi connectivity index (χ2v) is 7.84. The molecule has 2 aromatic rings. The van der Waals surface area contributed by atoms with E-state index in [1.807, 2.05) is 30.3 Å². The fourth-order valence-electron chi connectivity index (χ4n) is 3.78. The number of ether oxygens (including phenoxy) is 1. The number of nitrogens with one attached hydrogen (secondary N) is 1. The molecular formula is C22H23ClN2O3. The van der Waals surface area contributed by atoms with Gasteiger partial charge < -0.3 is 20.1 Å². The molecular weight excluding hydrogens is 376 g/mol. The number of carbonyl (C=O) groups is 1. The Morgan fingerprint density at radius 3 is 2.50 bits per heavy atom. The molecule has 1 saturated heterocycles. The SMILES string of the molecule is C/C(O)=C1\C(=O)Nc2cc(Cl)c(-c3ccc(OC4CCN(C)CC4)cc3)cc21. The summed E-state index contributed by atoms with van der Waals surface area (Å²) in [6.07, 6.45) is 2.32. The lowest BCUT2D eigenvalue weighted by molar-refractivity contribution is -0.110. The van der Waals surface area contributed by atoms with Gasteiger partial charge in [0.25, 0.3) is 5.91 Å². The predicted octanol–water partition coefficient (Wildman–Crippen LogP) is 4.72. The molecule has 28 heavy (non-hydrogen) atoms. The average molecular weight is 399 g/mol. The van der Waals surface area contributed by atoms with E-state index in [0.29, 0.717) is 16.3 Å². The van der Waals surface area contributed by atoms with Crippen molar-refractivity contribution in [2.24, 2.45) is 0 Å². The number of fused-ring (bicyclic) bond motifs is 1. The number of nitrogens with zero attached hydrogens (tertiary/aromatic N) is 1. The molecule has 0 radical (unpaired) electrons. The van der Waals surface area contributed by atoms with Gasteiger partial charge >= 0.3 is 0 Å². The van der Waals surface area contributed by atoms with Crippen LogP contribution in [0.3, 0.4) is 0 Å². The molecule has 2 N–H and O–H groups in total. The van der Waals surface area contributed by atoms with E-state index in [2.05, 4.69) is 17.3 Å². The summed E-state index contributed by atoms with van der Waals surface area (Å²) in [5, 5.41) is 13.2. The Morgan fingerprint density at radius 2 is 1.86 bits per heavy atom. The van der Waals surface area contributed by atoms with Crippen LogP contribution in [0, 0.1) is 0 Å². The molecule has 5 nitrogen and oxygen atoms in total. The molecule has 2 aliphatic rings. The molecule has 146 valence electrons. The highest BCUT2D eigenvalue weighted by atomic mass is 35.5. The van der Waals surface area contributed by atoms with Crippen molar-refractivity contribution in [3.05, 3.63) is 52.7 Å². The Hall–Kier alpha value is -2.50. The van der Waals surface area contributed by atoms with Crippen LogP contribution in [0.5, 0.6) is 5.75 Å². The van der Waals surface area contributed by atoms with Gasteiger partial charge in [-0.15, -0.1) is 0 Å². The number of allylic oxidation sites excluding steroid dienone is 1. The van der Waals surface area contributed by atoms with Crippen LogP contribution in [-0.4, -0.2) is 42.2 Å². The number of amides is 1. The second kappa shape index (κ2) is 7.49. The van der Waals surface area contributed by atoms with Crippen molar-refractivity contribution in [1.29, 1.82) is 0 Å². The Kier molecular flexibility index (Phi) is 5.04. The third-order valence-corrected chi connectivity index (χ3v) is 5.66. The lowest BCUT2D eigenvalue weighted by Gasteiger charge is -2.29. The van der Waals surface area contributed by atoms with Crippen LogP contribution < -0.4 is 10.1 Å². The van der Waals surface area contributed by atoms with Gasteiger partial charge in [-0.3, -0.25) is 4.79 Å². The molecule has 2 aromatic carbocycles. The van der Waals surface area contributed by atoms with E-state index in [9.17, 15) is 9.90 Å². The number of likely N-dealkylation sites (tertiary alicyclic amines) is 1. The van der Waals surface area contributed by atoms with Crippen LogP contribution in [0.1, 0.15) is 25.3 Å². The molecule has 0 aliphatic carbocycles. The molecule has 1 amide bonds. The first-order valence-corrected chi connectivity index (χ1v) is 9.81. The van der Waals surface area contributed by atoms with Gasteiger partial charge in [0.15, 0.2) is 0 Å². The number of hydrogen-bond donors (Lipinski definition) is 2. The largest absolute Gasteiger partial charge is 0.512 e. The Bertz CT molecular complexity index is 941. The van der Waals surface area contributed by atoms with Crippen molar-refractivity contribution in [3.63, 3.8) is 0 Å². The van der Waals surface area contributed by atoms with Gasteiger partial charge in [0.05, 0.1) is 16.3 Å². The fraction of sp³-hybridized carbons (Fsp3) is 0.318. The van der Waals surface area contributed by atoms with E-state index >= 15 is 0 Å². The quantitative estimate of drug-likeness (QED) is 0.580. The monoisotopic (exact) mass is 398 g/mol. The van der Waals surface area contributed by atoms with Gasteiger partial charge in [0.2, 0.25) is 0 Å². The summed E-state index contributed by atoms with van der Waals surface area (Å²) < 4.78 is 6.11. The number of hydrogen-bond acceptors (Lipinski definition) is 4. The molecule has 0 bridgehead atoms. The summed E-state index contributed by atoms with van der Waals surface area (Å²) in [5.74, 6) is 0.524. The zero-order valence-corrected chi connectivity index (χ0v) is 16.7. The topological polar surface area (TPSA) is 61.8 Å². The lowest BCUT2D eigenvalue weighted by atomic mass is 9.98. The first-order valence-electron chi connectivity index (χ1n) is 9.43. The van der Waals surface area contributed by atoms with Crippen LogP contribution in [0.25, 0.3) is 16.7 Å². The minimum absolute atomic E-state index is 0.00797. The van der Waals surface area contributed by atoms with Gasteiger partial charge in [-0.1, -0.05) is 23.7 Å². The van der Waals surface area contributed by atoms with E-state index in [1.54, 1.807) is 6.07 Å². The highest BCUT2D eigenvalue weighted by molar-refractivity contribution is 6.36. The summed E-state index contributed by atoms with van der Waals surface area (Å²) in [5.41, 5.74) is 3.30. The predicted molar refractivity (Wildman–Crippen MR) is 112 cm³/mol. The van der Waals surface area contributed by atoms with Crippen molar-refractivity contribution < 1.29 is 14.6 Å². The number of benzene rings is 2. The molecule has 0 atom stereocenters. The number of aliphatic hydroxyl groups excluding tert-OH is 1. The number of carbonyl (C=O) groups excluding carboxylic acids is 1. The molecule has 6 heteroatoms. The smallest absolute Gasteiger partial charge is 0.259 e. The van der Waals surface area contributed by atoms with Crippen molar-refractivity contribution >= 4 is 28.8 Å². The number of rotatable bonds is 3. The van der Waals surface area contributed by atoms with Crippen LogP contribution >= 0.6 is 11.6 Å². The number of aliphatic hydroxyl groups is 1. The number of anilines is 1. The third-order valence-electron chi connectivity index (χ3n) is 5.35. The zero-order chi connectivity index (χ0) is 19.8. The van der Waals surface area contributed by atoms with Crippen molar-refractivity contribution in [1.82, 2.24) is 4.90 Å². The molecule has 4 rings (SSSR count). The maximum absolute atomic E-state index is 12.1. The first-order chi connectivity index (χ1) is 13.4. The standard InChI is InChI=1S/C22H23ClN2O3/c1-13(26)21-18-11-17(19(23)12-20(18)24-22(21)27)14-3-5-15(6-4-14)28-16-7-9-25(2)10-8-16/h3-6,11-12,16,26H,7-10H2,1-2H3,(H,24,27)/b21-13+. The van der Waals surface area contributed by atoms with Gasteiger partial charge in [-0.05, 0) is 56.6 Å². The normalized spacial score (nSPS) is 19.3. The van der Waals surface area contributed by atoms with Crippen LogP contribution in [0.2, 0.25) is 5.02 Å². The minimum Gasteiger partial charge on any atom is -0.512 e. The highest BCUT2D eigenvalue weighted by Crippen LogP contribution is 2.40. The van der Waals surface area contributed by atoms with E-state index in [1.165, 1.54) is 6.92 Å². The molecule has 2 heterocycles. The molecule has 1 fully saturated rings. The first kappa shape index (κ1) is 18.8. The van der Waals surface area contributed by atoms with Gasteiger partial charge in [-0.2, -0.15) is 0 Å². The van der Waals surface area contributed by atoms with Crippen molar-refractivity contribution in [3.8, 4) is 16.9 Å². The van der Waals surface area contributed by atoms with E-state index in [4.69, 9.17) is 16.3 Å². The van der Waals surface area contributed by atoms with Gasteiger partial charge in [0.1, 0.15) is 17.6 Å². The lowest BCUT2D eigenvalue weighted by Crippen LogP contribution is -2.35. The minimum atomic E-state index is -0.315. The summed E-state index contributed by atoms with van der Waals surface area (Å²) in [7, 11) is 2.13. The molecule has 0 saturated carbocycles. The number of halogens is 1. The van der Waals surface area contributed by atoms with Crippen LogP contribution in [0.4, 0.5) is 5.69 Å². The summed E-state index contributed by atoms with van der Waals surface area (Å²) in [6, 6.07) is 11.4. The Balaban J connectivity index is 1.58. The Labute approximate surface area is 169 Å². The van der Waals surface area contributed by atoms with Crippen molar-refractivity contribution in [2.75, 3.05) is 25.5 Å². The van der Waals surface area contributed by atoms with E-state index in [-0.39, 0.29) is 23.3 Å². The fourth-order valence-corrected chi connectivity index (χ4v) is 4.05. The van der Waals surface area contributed by atoms with Gasteiger partial charge in [0, 0.05) is 24.2 Å². The maximum Gasteiger partial charge on any atom is 0.259 e. The summed E-state index contributed by atoms with van der Waals surface area (Å²) in [6.45, 7) is 3.62. The van der Waals surface area contributed by atoms with E-state index in [0.717, 1.165) is 42.8 Å². The zero-order valence-electron chi connectivity index (χ0n) is 16.0. The van der Waals surface area contributed by atoms with Crippen LogP contribution in [-0.2, 0) is 4.79 Å². The molecule has 0 spiro atoms. The van der Waals surface area contributed by atoms with Gasteiger partial charge in [-0.25, -0.2) is 0 Å². The maximum atomic E-state index is 12.1. The van der Waals surface area contributed by atoms with E-state index < -0.39 is 0 Å². The third kappa shape index (κ3) is 3.60. The number of piperidine rings is 1. The average Bonchev–Trinajstić information content (AvgIpc) is 2.98. The Morgan fingerprint density at radius 1 is 1.18 bits per heavy atom. The van der Waals surface area contributed by atoms with Crippen LogP contribution in [0.15, 0.2) is 42.2 Å². The summed E-state index contributed by atoms with van der Waals surface area (Å²) in [4.78, 5) is 14.4. The van der Waals surface area contributed by atoms with Crippen molar-refractivity contribution in [2.45, 2.75) is 25.9 Å². The second-order valence-electron chi connectivity index (χ2n) is 7.44. The summed E-state index contributed by atoms with van der Waals surface area (Å²) >= 11 is 6.46. The molecule has 0 unspecified atom stereocenters. The highest BCUT2D eigenvalue weighted by Gasteiger charge is 2.28.